The zero-order valence-electron chi connectivity index (χ0n) is 14.9. The van der Waals surface area contributed by atoms with E-state index in [-0.39, 0.29) is 41.2 Å². The van der Waals surface area contributed by atoms with Crippen LogP contribution in [0.1, 0.15) is 17.0 Å². The highest BCUT2D eigenvalue weighted by atomic mass is 16.5. The summed E-state index contributed by atoms with van der Waals surface area (Å²) in [7, 11) is 0. The summed E-state index contributed by atoms with van der Waals surface area (Å²) in [5.41, 5.74) is 0.523. The van der Waals surface area contributed by atoms with Crippen LogP contribution < -0.4 is 9.64 Å². The molecular formula is C22H17NO5. The third-order valence-electron chi connectivity index (χ3n) is 6.69. The van der Waals surface area contributed by atoms with Crippen molar-refractivity contribution in [1.29, 1.82) is 0 Å². The quantitative estimate of drug-likeness (QED) is 0.357. The van der Waals surface area contributed by atoms with E-state index < -0.39 is 5.97 Å². The molecule has 3 fully saturated rings. The van der Waals surface area contributed by atoms with Crippen LogP contribution in [0.5, 0.6) is 5.75 Å². The van der Waals surface area contributed by atoms with Crippen LogP contribution >= 0.6 is 0 Å². The molecule has 1 aromatic carbocycles. The Balaban J connectivity index is 1.25. The number of anilines is 1. The average molecular weight is 375 g/mol. The number of furan rings is 1. The molecule has 5 aliphatic rings. The largest absolute Gasteiger partial charge is 0.457 e. The van der Waals surface area contributed by atoms with Crippen molar-refractivity contribution in [3.05, 3.63) is 60.6 Å². The van der Waals surface area contributed by atoms with Gasteiger partial charge < -0.3 is 9.15 Å². The first kappa shape index (κ1) is 15.9. The lowest BCUT2D eigenvalue weighted by Crippen LogP contribution is -2.40. The van der Waals surface area contributed by atoms with Crippen molar-refractivity contribution in [2.45, 2.75) is 6.42 Å². The number of carbonyl (C=O) groups is 3. The second kappa shape index (κ2) is 5.44. The number of hydrogen-bond donors (Lipinski definition) is 0. The summed E-state index contributed by atoms with van der Waals surface area (Å²) in [5, 5.41) is 0. The molecule has 0 radical (unpaired) electrons. The molecule has 140 valence electrons. The number of rotatable bonds is 3. The fraction of sp³-hybridized carbons (Fsp3) is 0.318. The molecule has 4 aliphatic carbocycles. The van der Waals surface area contributed by atoms with Crippen molar-refractivity contribution >= 4 is 23.5 Å². The third-order valence-corrected chi connectivity index (χ3v) is 6.69. The molecule has 6 nitrogen and oxygen atoms in total. The highest BCUT2D eigenvalue weighted by Crippen LogP contribution is 2.65. The Labute approximate surface area is 160 Å². The van der Waals surface area contributed by atoms with Gasteiger partial charge in [-0.15, -0.1) is 0 Å². The van der Waals surface area contributed by atoms with Gasteiger partial charge in [0.2, 0.25) is 17.6 Å². The van der Waals surface area contributed by atoms with Gasteiger partial charge in [0.25, 0.3) is 0 Å². The molecule has 2 amide bonds. The van der Waals surface area contributed by atoms with E-state index in [4.69, 9.17) is 9.15 Å². The molecular weight excluding hydrogens is 358 g/mol. The molecule has 2 bridgehead atoms. The monoisotopic (exact) mass is 375 g/mol. The number of benzene rings is 1. The Morgan fingerprint density at radius 1 is 0.964 bits per heavy atom. The Bertz CT molecular complexity index is 986. The first-order chi connectivity index (χ1) is 13.6. The van der Waals surface area contributed by atoms with Crippen LogP contribution in [-0.2, 0) is 9.59 Å². The molecule has 1 saturated heterocycles. The number of carbonyl (C=O) groups excluding carboxylic acids is 3. The van der Waals surface area contributed by atoms with E-state index in [9.17, 15) is 14.4 Å². The van der Waals surface area contributed by atoms with Gasteiger partial charge in [0, 0.05) is 0 Å². The summed E-state index contributed by atoms with van der Waals surface area (Å²) in [6, 6.07) is 9.59. The Morgan fingerprint density at radius 2 is 1.61 bits per heavy atom. The van der Waals surface area contributed by atoms with Crippen LogP contribution in [0.4, 0.5) is 5.69 Å². The van der Waals surface area contributed by atoms with Crippen LogP contribution in [0, 0.1) is 35.5 Å². The summed E-state index contributed by atoms with van der Waals surface area (Å²) in [6.07, 6.45) is 6.86. The van der Waals surface area contributed by atoms with Crippen LogP contribution in [0.15, 0.2) is 59.2 Å². The average Bonchev–Trinajstić information content (AvgIpc) is 3.27. The molecule has 6 heteroatoms. The first-order valence-electron chi connectivity index (χ1n) is 9.55. The van der Waals surface area contributed by atoms with Crippen LogP contribution in [0.2, 0.25) is 0 Å². The predicted molar refractivity (Wildman–Crippen MR) is 97.3 cm³/mol. The minimum Gasteiger partial charge on any atom is -0.457 e. The van der Waals surface area contributed by atoms with Gasteiger partial charge in [0.15, 0.2) is 0 Å². The molecule has 7 rings (SSSR count). The van der Waals surface area contributed by atoms with Crippen molar-refractivity contribution in [1.82, 2.24) is 0 Å². The van der Waals surface area contributed by atoms with Crippen molar-refractivity contribution < 1.29 is 23.5 Å². The lowest BCUT2D eigenvalue weighted by molar-refractivity contribution is -0.124. The molecule has 1 aromatic heterocycles. The summed E-state index contributed by atoms with van der Waals surface area (Å²) in [6.45, 7) is 0. The summed E-state index contributed by atoms with van der Waals surface area (Å²) in [4.78, 5) is 39.5. The molecule has 0 spiro atoms. The van der Waals surface area contributed by atoms with Crippen molar-refractivity contribution in [3.63, 3.8) is 0 Å². The maximum absolute atomic E-state index is 13.1. The standard InChI is InChI=1S/C22H17NO5/c24-20-18-13-7-8-14(16-10-15(13)16)19(18)21(25)23(20)11-3-5-12(6-4-11)28-22(26)17-2-1-9-27-17/h1-9,13-16,18-19H,10H2/t13-,14-,15-,16+,18-,19+/m0/s1. The smallest absolute Gasteiger partial charge is 0.379 e. The van der Waals surface area contributed by atoms with Gasteiger partial charge >= 0.3 is 5.97 Å². The maximum Gasteiger partial charge on any atom is 0.379 e. The van der Waals surface area contributed by atoms with E-state index >= 15 is 0 Å². The number of nitrogens with zero attached hydrogens (tertiary/aromatic N) is 1. The highest BCUT2D eigenvalue weighted by Gasteiger charge is 2.67. The molecule has 2 saturated carbocycles. The van der Waals surface area contributed by atoms with E-state index in [0.717, 1.165) is 6.42 Å². The van der Waals surface area contributed by atoms with E-state index in [0.29, 0.717) is 23.3 Å². The molecule has 6 atom stereocenters. The molecule has 2 heterocycles. The van der Waals surface area contributed by atoms with Gasteiger partial charge in [-0.3, -0.25) is 14.5 Å². The van der Waals surface area contributed by atoms with Crippen molar-refractivity contribution in [2.75, 3.05) is 4.90 Å². The van der Waals surface area contributed by atoms with Gasteiger partial charge in [0.1, 0.15) is 5.75 Å². The predicted octanol–water partition coefficient (Wildman–Crippen LogP) is 3.06. The number of amides is 2. The van der Waals surface area contributed by atoms with Crippen molar-refractivity contribution in [3.8, 4) is 5.75 Å². The SMILES string of the molecule is O=C(Oc1ccc(N2C(=O)[C@@H]3[C@H]4C=C[C@@H]([C@@H]5C[C@H]45)[C@@H]3C2=O)cc1)c1ccco1. The fourth-order valence-corrected chi connectivity index (χ4v) is 5.43. The number of ether oxygens (including phenoxy) is 1. The first-order valence-corrected chi connectivity index (χ1v) is 9.55. The second-order valence-corrected chi connectivity index (χ2v) is 8.03. The van der Waals surface area contributed by atoms with Gasteiger partial charge in [-0.2, -0.15) is 0 Å². The zero-order chi connectivity index (χ0) is 19.0. The van der Waals surface area contributed by atoms with Crippen LogP contribution in [0.25, 0.3) is 0 Å². The van der Waals surface area contributed by atoms with E-state index in [1.165, 1.54) is 17.2 Å². The van der Waals surface area contributed by atoms with Crippen molar-refractivity contribution in [2.24, 2.45) is 35.5 Å². The zero-order valence-corrected chi connectivity index (χ0v) is 14.9. The molecule has 28 heavy (non-hydrogen) atoms. The Hall–Kier alpha value is -3.15. The second-order valence-electron chi connectivity index (χ2n) is 8.03. The molecule has 0 N–H and O–H groups in total. The van der Waals surface area contributed by atoms with Crippen LogP contribution in [0.3, 0.4) is 0 Å². The summed E-state index contributed by atoms with van der Waals surface area (Å²) in [5.74, 6) is 0.770. The highest BCUT2D eigenvalue weighted by molar-refractivity contribution is 6.22. The Morgan fingerprint density at radius 3 is 2.18 bits per heavy atom. The minimum atomic E-state index is -0.598. The number of hydrogen-bond acceptors (Lipinski definition) is 5. The lowest BCUT2D eigenvalue weighted by atomic mass is 9.63. The lowest BCUT2D eigenvalue weighted by Gasteiger charge is -2.37. The third kappa shape index (κ3) is 2.06. The van der Waals surface area contributed by atoms with Gasteiger partial charge in [-0.05, 0) is 66.5 Å². The summed E-state index contributed by atoms with van der Waals surface area (Å²) < 4.78 is 10.3. The van der Waals surface area contributed by atoms with E-state index in [2.05, 4.69) is 12.2 Å². The number of esters is 1. The van der Waals surface area contributed by atoms with Crippen LogP contribution in [-0.4, -0.2) is 17.8 Å². The molecule has 0 unspecified atom stereocenters. The minimum absolute atomic E-state index is 0.0972. The van der Waals surface area contributed by atoms with E-state index in [1.807, 2.05) is 0 Å². The Kier molecular flexibility index (Phi) is 3.08. The van der Waals surface area contributed by atoms with E-state index in [1.54, 1.807) is 30.3 Å². The fourth-order valence-electron chi connectivity index (χ4n) is 5.43. The van der Waals surface area contributed by atoms with Gasteiger partial charge in [-0.25, -0.2) is 4.79 Å². The topological polar surface area (TPSA) is 76.8 Å². The molecule has 1 aliphatic heterocycles. The molecule has 2 aromatic rings. The van der Waals surface area contributed by atoms with Gasteiger partial charge in [0.05, 0.1) is 23.8 Å². The summed E-state index contributed by atoms with van der Waals surface area (Å²) >= 11 is 0. The number of imide groups is 1. The maximum atomic E-state index is 13.1. The normalized spacial score (nSPS) is 34.4. The number of allylic oxidation sites excluding steroid dienone is 2. The van der Waals surface area contributed by atoms with Gasteiger partial charge in [-0.1, -0.05) is 12.2 Å².